The lowest BCUT2D eigenvalue weighted by Crippen LogP contribution is -2.14. The molecule has 134 valence electrons. The van der Waals surface area contributed by atoms with Crippen LogP contribution < -0.4 is 4.52 Å². The lowest BCUT2D eigenvalue weighted by Gasteiger charge is -2.18. The van der Waals surface area contributed by atoms with E-state index in [0.29, 0.717) is 5.56 Å². The van der Waals surface area contributed by atoms with Crippen molar-refractivity contribution in [1.82, 2.24) is 0 Å². The van der Waals surface area contributed by atoms with E-state index >= 15 is 0 Å². The summed E-state index contributed by atoms with van der Waals surface area (Å²) in [4.78, 5) is 30.8. The smallest absolute Gasteiger partial charge is 0.508 e. The van der Waals surface area contributed by atoms with E-state index in [4.69, 9.17) is 9.79 Å². The average molecular weight is 368 g/mol. The molecule has 0 bridgehead atoms. The van der Waals surface area contributed by atoms with E-state index in [1.165, 1.54) is 12.1 Å². The van der Waals surface area contributed by atoms with Gasteiger partial charge in [0.2, 0.25) is 0 Å². The molecule has 2 rings (SSSR count). The van der Waals surface area contributed by atoms with Crippen molar-refractivity contribution in [2.75, 3.05) is 0 Å². The third kappa shape index (κ3) is 4.51. The maximum absolute atomic E-state index is 12.9. The highest BCUT2D eigenvalue weighted by Gasteiger charge is 2.30. The van der Waals surface area contributed by atoms with E-state index in [0.717, 1.165) is 12.1 Å². The van der Waals surface area contributed by atoms with Crippen LogP contribution in [0.5, 0.6) is 23.0 Å². The van der Waals surface area contributed by atoms with Gasteiger partial charge in [-0.2, -0.15) is 0 Å². The van der Waals surface area contributed by atoms with Crippen LogP contribution in [-0.2, 0) is 4.57 Å². The van der Waals surface area contributed by atoms with Crippen LogP contribution in [0.15, 0.2) is 36.4 Å². The molecule has 1 unspecified atom stereocenters. The number of benzene rings is 2. The maximum atomic E-state index is 12.9. The molecule has 2 aromatic rings. The average Bonchev–Trinajstić information content (AvgIpc) is 2.45. The quantitative estimate of drug-likeness (QED) is 0.386. The zero-order chi connectivity index (χ0) is 18.8. The van der Waals surface area contributed by atoms with Gasteiger partial charge in [0, 0.05) is 18.1 Å². The number of carbonyl (C=O) groups excluding carboxylic acids is 1. The minimum Gasteiger partial charge on any atom is -0.508 e. The van der Waals surface area contributed by atoms with Crippen molar-refractivity contribution >= 4 is 13.6 Å². The molecule has 0 amide bonds. The van der Waals surface area contributed by atoms with E-state index in [1.54, 1.807) is 19.1 Å². The van der Waals surface area contributed by atoms with Crippen molar-refractivity contribution < 1.29 is 39.0 Å². The molecule has 25 heavy (non-hydrogen) atoms. The summed E-state index contributed by atoms with van der Waals surface area (Å²) in [5, 5.41) is 29.1. The fourth-order valence-electron chi connectivity index (χ4n) is 2.52. The molecule has 0 aliphatic carbocycles. The molecule has 0 aliphatic heterocycles. The first kappa shape index (κ1) is 18.8. The summed E-state index contributed by atoms with van der Waals surface area (Å²) < 4.78 is 15.6. The van der Waals surface area contributed by atoms with Crippen LogP contribution >= 0.6 is 7.82 Å². The monoisotopic (exact) mass is 368 g/mol. The normalized spacial score (nSPS) is 12.6. The number of aromatic hydroxyl groups is 3. The summed E-state index contributed by atoms with van der Waals surface area (Å²) in [5.41, 5.74) is -0.00146. The summed E-state index contributed by atoms with van der Waals surface area (Å²) in [6.07, 6.45) is 0.290. The lowest BCUT2D eigenvalue weighted by atomic mass is 9.87. The van der Waals surface area contributed by atoms with Crippen molar-refractivity contribution in [3.63, 3.8) is 0 Å². The summed E-state index contributed by atoms with van der Waals surface area (Å²) in [7, 11) is -5.03. The Labute approximate surface area is 143 Å². The van der Waals surface area contributed by atoms with Crippen molar-refractivity contribution in [3.05, 3.63) is 47.5 Å². The van der Waals surface area contributed by atoms with E-state index < -0.39 is 42.3 Å². The SMILES string of the molecule is CCC(C(=O)c1c(O)cc(O)cc1OP(=O)(O)O)c1cccc(O)c1. The Bertz CT molecular complexity index is 842. The second-order valence-corrected chi connectivity index (χ2v) is 6.50. The first-order valence-corrected chi connectivity index (χ1v) is 8.79. The van der Waals surface area contributed by atoms with E-state index in [9.17, 15) is 24.7 Å². The number of ketones is 1. The van der Waals surface area contributed by atoms with Crippen molar-refractivity contribution in [2.24, 2.45) is 0 Å². The second kappa shape index (κ2) is 7.14. The van der Waals surface area contributed by atoms with Crippen LogP contribution in [0, 0.1) is 0 Å². The van der Waals surface area contributed by atoms with Crippen molar-refractivity contribution in [3.8, 4) is 23.0 Å². The first-order valence-electron chi connectivity index (χ1n) is 7.26. The van der Waals surface area contributed by atoms with Gasteiger partial charge in [-0.05, 0) is 24.1 Å². The maximum Gasteiger partial charge on any atom is 0.524 e. The summed E-state index contributed by atoms with van der Waals surface area (Å²) >= 11 is 0. The number of phosphoric ester groups is 1. The van der Waals surface area contributed by atoms with E-state index in [-0.39, 0.29) is 12.2 Å². The Morgan fingerprint density at radius 1 is 1.12 bits per heavy atom. The molecule has 0 aromatic heterocycles. The zero-order valence-electron chi connectivity index (χ0n) is 13.2. The number of phosphoric acid groups is 1. The molecule has 0 saturated carbocycles. The van der Waals surface area contributed by atoms with Gasteiger partial charge in [-0.3, -0.25) is 14.6 Å². The lowest BCUT2D eigenvalue weighted by molar-refractivity contribution is 0.0952. The molecule has 9 heteroatoms. The van der Waals surface area contributed by atoms with Gasteiger partial charge in [-0.15, -0.1) is 0 Å². The summed E-state index contributed by atoms with van der Waals surface area (Å²) in [6, 6.07) is 7.67. The van der Waals surface area contributed by atoms with Crippen LogP contribution in [0.4, 0.5) is 0 Å². The number of hydrogen-bond acceptors (Lipinski definition) is 6. The second-order valence-electron chi connectivity index (χ2n) is 5.34. The van der Waals surface area contributed by atoms with Gasteiger partial charge in [0.1, 0.15) is 28.6 Å². The number of rotatable bonds is 6. The topological polar surface area (TPSA) is 145 Å². The number of carbonyl (C=O) groups is 1. The van der Waals surface area contributed by atoms with Gasteiger partial charge in [-0.1, -0.05) is 19.1 Å². The molecule has 2 aromatic carbocycles. The predicted octanol–water partition coefficient (Wildman–Crippen LogP) is 2.65. The predicted molar refractivity (Wildman–Crippen MR) is 87.9 cm³/mol. The Morgan fingerprint density at radius 3 is 2.36 bits per heavy atom. The molecule has 0 heterocycles. The highest BCUT2D eigenvalue weighted by molar-refractivity contribution is 7.46. The third-order valence-electron chi connectivity index (χ3n) is 3.53. The third-order valence-corrected chi connectivity index (χ3v) is 3.96. The van der Waals surface area contributed by atoms with Crippen molar-refractivity contribution in [2.45, 2.75) is 19.3 Å². The molecule has 0 saturated heterocycles. The molecule has 0 fully saturated rings. The van der Waals surface area contributed by atoms with Gasteiger partial charge in [0.05, 0.1) is 0 Å². The van der Waals surface area contributed by atoms with Gasteiger partial charge in [-0.25, -0.2) is 4.57 Å². The minimum atomic E-state index is -5.03. The van der Waals surface area contributed by atoms with Gasteiger partial charge < -0.3 is 19.8 Å². The molecular weight excluding hydrogens is 351 g/mol. The number of phenols is 3. The molecule has 1 atom stereocenters. The molecular formula is C16H17O8P. The zero-order valence-corrected chi connectivity index (χ0v) is 14.1. The molecule has 8 nitrogen and oxygen atoms in total. The fraction of sp³-hybridized carbons (Fsp3) is 0.188. The minimum absolute atomic E-state index is 0.0506. The Kier molecular flexibility index (Phi) is 5.37. The van der Waals surface area contributed by atoms with Crippen LogP contribution in [-0.4, -0.2) is 30.9 Å². The standard InChI is InChI=1S/C16H17O8P/c1-2-12(9-4-3-5-10(17)6-9)16(20)15-13(19)7-11(18)8-14(15)24-25(21,22)23/h3-8,12,17-19H,2H2,1H3,(H2,21,22,23). The first-order chi connectivity index (χ1) is 11.6. The van der Waals surface area contributed by atoms with Crippen LogP contribution in [0.2, 0.25) is 0 Å². The van der Waals surface area contributed by atoms with Crippen LogP contribution in [0.1, 0.15) is 35.2 Å². The highest BCUT2D eigenvalue weighted by Crippen LogP contribution is 2.44. The Hall–Kier alpha value is -2.54. The molecule has 5 N–H and O–H groups in total. The Balaban J connectivity index is 2.55. The fourth-order valence-corrected chi connectivity index (χ4v) is 2.92. The van der Waals surface area contributed by atoms with E-state index in [2.05, 4.69) is 4.52 Å². The number of Topliss-reactive ketones (excluding diaryl/α,β-unsaturated/α-hetero) is 1. The highest BCUT2D eigenvalue weighted by atomic mass is 31.2. The molecule has 0 spiro atoms. The number of hydrogen-bond donors (Lipinski definition) is 5. The van der Waals surface area contributed by atoms with Gasteiger partial charge in [0.15, 0.2) is 5.78 Å². The Morgan fingerprint density at radius 2 is 1.80 bits per heavy atom. The largest absolute Gasteiger partial charge is 0.524 e. The van der Waals surface area contributed by atoms with Crippen LogP contribution in [0.3, 0.4) is 0 Å². The van der Waals surface area contributed by atoms with Crippen LogP contribution in [0.25, 0.3) is 0 Å². The van der Waals surface area contributed by atoms with E-state index in [1.807, 2.05) is 0 Å². The summed E-state index contributed by atoms with van der Waals surface area (Å²) in [6.45, 7) is 1.70. The van der Waals surface area contributed by atoms with Gasteiger partial charge >= 0.3 is 7.82 Å². The van der Waals surface area contributed by atoms with Gasteiger partial charge in [0.25, 0.3) is 0 Å². The number of phenolic OH excluding ortho intramolecular Hbond substituents is 3. The molecule has 0 radical (unpaired) electrons. The summed E-state index contributed by atoms with van der Waals surface area (Å²) in [5.74, 6) is -3.36. The van der Waals surface area contributed by atoms with Crippen molar-refractivity contribution in [1.29, 1.82) is 0 Å². The molecule has 0 aliphatic rings.